The fourth-order valence-corrected chi connectivity index (χ4v) is 15.4. The quantitative estimate of drug-likeness (QED) is 0.00774. The molecule has 12 N–H and O–H groups in total. The Kier molecular flexibility index (Phi) is 34.2. The van der Waals surface area contributed by atoms with Crippen LogP contribution in [0.2, 0.25) is 0 Å². The molecule has 6 aromatic carbocycles. The van der Waals surface area contributed by atoms with Crippen molar-refractivity contribution in [2.75, 3.05) is 121 Å². The number of carbonyl (C=O) groups excluding carboxylic acids is 13. The predicted octanol–water partition coefficient (Wildman–Crippen LogP) is 7.31. The van der Waals surface area contributed by atoms with E-state index in [2.05, 4.69) is 62.3 Å². The topological polar surface area (TPSA) is 499 Å². The standard InChI is InChI=1S/C92H109N13O26/c1-10-33-127-90(118)101-79(52(2)3)83(111)96-55(6)80(108)97-58-26-22-56(23-27-58)49-130-91(119)104-69-44-75(73(122-8)42-64(69)84(112)102-47-53(4)40-71(102)86(104)114)125-34-16-35-126-76-45-70-65(43-74(76)123-9)85(113)103-48-54(5)41-72(103)87(115)105(70)92(120)131-50-57-24-28-59(29-25-57)98-82(110)67(21-15-32-94-88(93)116)99-77(106)46-95-81(109)68(100-89(117)128-39-38-124-37-36-121-7)30-31-78(107)129-51-66-62-19-13-11-17-60(62)61-18-12-14-20-63(61)66/h10-14,17-20,22-29,42-45,52,55,66-68,71-72,79,86-87,114-115H,1,4-5,15-16,21,30-41,46-51H2,2-3,6-9H3,(H,95,109)(H,96,111)(H,97,108)(H,98,110)(H,99,106)(H,100,117)(H,101,118)(H3,93,94,116)/t55-,67-,68-,71-,72?,79-,86-,87-/m0/s1. The summed E-state index contributed by atoms with van der Waals surface area (Å²) in [6.07, 6.45) is -6.08. The molecule has 13 amide bonds. The molecule has 4 aliphatic heterocycles. The van der Waals surface area contributed by atoms with E-state index >= 15 is 0 Å². The first kappa shape index (κ1) is 97.3. The van der Waals surface area contributed by atoms with E-state index in [-0.39, 0.29) is 180 Å². The first-order valence-corrected chi connectivity index (χ1v) is 42.5. The first-order valence-electron chi connectivity index (χ1n) is 42.5. The molecule has 0 bridgehead atoms. The van der Waals surface area contributed by atoms with Crippen molar-refractivity contribution in [2.24, 2.45) is 11.7 Å². The lowest BCUT2D eigenvalue weighted by Crippen LogP contribution is -2.53. The average Bonchev–Trinajstić information content (AvgIpc) is 1.61. The lowest BCUT2D eigenvalue weighted by molar-refractivity contribution is -0.144. The van der Waals surface area contributed by atoms with Gasteiger partial charge >= 0.3 is 36.4 Å². The van der Waals surface area contributed by atoms with Crippen molar-refractivity contribution >= 4 is 100 Å². The van der Waals surface area contributed by atoms with Gasteiger partial charge in [-0.2, -0.15) is 0 Å². The van der Waals surface area contributed by atoms with Crippen LogP contribution in [0, 0.1) is 5.92 Å². The van der Waals surface area contributed by atoms with Gasteiger partial charge < -0.3 is 120 Å². The molecule has 5 aliphatic rings. The molecule has 39 nitrogen and oxygen atoms in total. The van der Waals surface area contributed by atoms with E-state index in [1.54, 1.807) is 38.1 Å². The first-order chi connectivity index (χ1) is 63.0. The molecule has 1 unspecified atom stereocenters. The Labute approximate surface area is 755 Å². The molecule has 1 aliphatic carbocycles. The maximum Gasteiger partial charge on any atom is 0.416 e. The van der Waals surface area contributed by atoms with Crippen LogP contribution in [0.4, 0.5) is 46.7 Å². The van der Waals surface area contributed by atoms with E-state index in [9.17, 15) is 72.5 Å². The maximum atomic E-state index is 14.6. The number of hydrogen-bond donors (Lipinski definition) is 11. The average molecular weight is 1810 g/mol. The van der Waals surface area contributed by atoms with Crippen LogP contribution in [-0.4, -0.2) is 247 Å². The number of ether oxygens (including phenoxy) is 11. The molecular formula is C92H109N13O26. The van der Waals surface area contributed by atoms with Gasteiger partial charge in [0.1, 0.15) is 57.2 Å². The van der Waals surface area contributed by atoms with Crippen LogP contribution in [0.3, 0.4) is 0 Å². The predicted molar refractivity (Wildman–Crippen MR) is 474 cm³/mol. The Morgan fingerprint density at radius 3 is 1.56 bits per heavy atom. The molecule has 698 valence electrons. The van der Waals surface area contributed by atoms with Gasteiger partial charge in [-0.1, -0.05) is 124 Å². The molecule has 6 aromatic rings. The summed E-state index contributed by atoms with van der Waals surface area (Å²) < 4.78 is 62.0. The summed E-state index contributed by atoms with van der Waals surface area (Å²) in [5, 5.41) is 44.8. The molecule has 0 aromatic heterocycles. The second-order valence-corrected chi connectivity index (χ2v) is 31.7. The summed E-state index contributed by atoms with van der Waals surface area (Å²) >= 11 is 0. The smallest absolute Gasteiger partial charge is 0.416 e. The Hall–Kier alpha value is -14.3. The highest BCUT2D eigenvalue weighted by Gasteiger charge is 2.49. The lowest BCUT2D eigenvalue weighted by atomic mass is 9.98. The molecule has 39 heteroatoms. The van der Waals surface area contributed by atoms with Gasteiger partial charge in [0.05, 0.1) is 88.4 Å². The Morgan fingerprint density at radius 1 is 0.534 bits per heavy atom. The van der Waals surface area contributed by atoms with E-state index in [1.807, 2.05) is 48.5 Å². The number of nitrogens with one attached hydrogen (secondary N) is 8. The minimum absolute atomic E-state index is 0.00458. The van der Waals surface area contributed by atoms with Crippen molar-refractivity contribution in [3.8, 4) is 34.1 Å². The molecule has 2 fully saturated rings. The number of nitrogens with two attached hydrogens (primary N) is 1. The molecule has 0 saturated carbocycles. The summed E-state index contributed by atoms with van der Waals surface area (Å²) in [5.41, 5.74) is 11.7. The maximum absolute atomic E-state index is 14.6. The van der Waals surface area contributed by atoms with Gasteiger partial charge in [-0.15, -0.1) is 0 Å². The monoisotopic (exact) mass is 1810 g/mol. The number of aliphatic hydroxyl groups is 2. The highest BCUT2D eigenvalue weighted by molar-refractivity contribution is 6.08. The number of benzene rings is 6. The van der Waals surface area contributed by atoms with Crippen LogP contribution < -0.4 is 77.0 Å². The fraction of sp³-hybridized carbons (Fsp3) is 0.402. The molecule has 11 rings (SSSR count). The highest BCUT2D eigenvalue weighted by atomic mass is 16.6. The number of amides is 13. The number of primary amides is 1. The van der Waals surface area contributed by atoms with Gasteiger partial charge in [0.25, 0.3) is 11.8 Å². The summed E-state index contributed by atoms with van der Waals surface area (Å²) in [4.78, 5) is 181. The van der Waals surface area contributed by atoms with Gasteiger partial charge in [-0.25, -0.2) is 33.8 Å². The van der Waals surface area contributed by atoms with E-state index in [0.717, 1.165) is 32.1 Å². The van der Waals surface area contributed by atoms with Crippen molar-refractivity contribution < 1.29 is 125 Å². The summed E-state index contributed by atoms with van der Waals surface area (Å²) in [5.74, 6) is -5.79. The third kappa shape index (κ3) is 25.2. The minimum Gasteiger partial charge on any atom is -0.493 e. The van der Waals surface area contributed by atoms with Crippen molar-refractivity contribution in [3.05, 3.63) is 192 Å². The van der Waals surface area contributed by atoms with Crippen LogP contribution in [-0.2, 0) is 75.1 Å². The fourth-order valence-electron chi connectivity index (χ4n) is 15.4. The van der Waals surface area contributed by atoms with Crippen LogP contribution in [0.15, 0.2) is 158 Å². The number of anilines is 4. The minimum atomic E-state index is -1.70. The van der Waals surface area contributed by atoms with Crippen LogP contribution in [0.5, 0.6) is 23.0 Å². The largest absolute Gasteiger partial charge is 0.493 e. The number of methoxy groups -OCH3 is 3. The van der Waals surface area contributed by atoms with E-state index in [1.165, 1.54) is 92.7 Å². The van der Waals surface area contributed by atoms with Gasteiger partial charge in [-0.3, -0.25) is 38.4 Å². The summed E-state index contributed by atoms with van der Waals surface area (Å²) in [7, 11) is 4.19. The van der Waals surface area contributed by atoms with Gasteiger partial charge in [0.15, 0.2) is 35.5 Å². The third-order valence-electron chi connectivity index (χ3n) is 22.1. The lowest BCUT2D eigenvalue weighted by Gasteiger charge is -2.31. The molecule has 2 saturated heterocycles. The molecule has 8 atom stereocenters. The van der Waals surface area contributed by atoms with Crippen LogP contribution >= 0.6 is 0 Å². The number of nitrogens with zero attached hydrogens (tertiary/aromatic N) is 4. The number of esters is 1. The summed E-state index contributed by atoms with van der Waals surface area (Å²) in [6.45, 7) is 15.3. The van der Waals surface area contributed by atoms with Crippen molar-refractivity contribution in [1.29, 1.82) is 0 Å². The number of fused-ring (bicyclic) bond motifs is 7. The zero-order valence-corrected chi connectivity index (χ0v) is 73.4. The SMILES string of the molecule is C=CCOC(=O)N[C@H](C(=O)N[C@@H](C)C(=O)Nc1ccc(COC(=O)N2c3cc(OCCCOc4cc5c(cc4OC)C(=O)N4CC(=C)CC4[C@H](O)N5C(=O)OCc4ccc(NC(=O)[C@H](CCCNC(N)=O)NC(=O)CNC(=O)[C@H](CCC(=O)OCC5c6ccccc6-c6ccccc65)NC(=O)OCCOCCOC)cc4)c(OC)cc3C(=O)N3CC(=C)C[C@H]3[C@@H]2O)cc1)C(C)C. The van der Waals surface area contributed by atoms with Gasteiger partial charge in [0, 0.05) is 69.0 Å². The molecule has 0 radical (unpaired) electrons. The molecule has 0 spiro atoms. The van der Waals surface area contributed by atoms with Crippen molar-refractivity contribution in [1.82, 2.24) is 41.7 Å². The number of urea groups is 1. The molecule has 4 heterocycles. The number of hydrogen-bond acceptors (Lipinski definition) is 26. The molecular weight excluding hydrogens is 1700 g/mol. The zero-order valence-electron chi connectivity index (χ0n) is 73.4. The van der Waals surface area contributed by atoms with Crippen molar-refractivity contribution in [3.63, 3.8) is 0 Å². The normalized spacial score (nSPS) is 16.7. The Bertz CT molecular complexity index is 5180. The second-order valence-electron chi connectivity index (χ2n) is 31.7. The molecule has 131 heavy (non-hydrogen) atoms. The van der Waals surface area contributed by atoms with E-state index < -0.39 is 140 Å². The Balaban J connectivity index is 0.707. The van der Waals surface area contributed by atoms with Crippen LogP contribution in [0.25, 0.3) is 11.1 Å². The van der Waals surface area contributed by atoms with Gasteiger partial charge in [0.2, 0.25) is 29.5 Å². The number of alkyl carbamates (subject to hydrolysis) is 2. The van der Waals surface area contributed by atoms with Gasteiger partial charge in [-0.05, 0) is 115 Å². The summed E-state index contributed by atoms with van der Waals surface area (Å²) in [6, 6.07) is 25.8. The third-order valence-corrected chi connectivity index (χ3v) is 22.1. The number of carbonyl (C=O) groups is 13. The highest BCUT2D eigenvalue weighted by Crippen LogP contribution is 2.47. The Morgan fingerprint density at radius 2 is 1.05 bits per heavy atom. The zero-order chi connectivity index (χ0) is 94.1. The van der Waals surface area contributed by atoms with Crippen molar-refractivity contribution in [2.45, 2.75) is 134 Å². The van der Waals surface area contributed by atoms with Crippen LogP contribution in [0.1, 0.15) is 115 Å². The number of aliphatic hydroxyl groups excluding tert-OH is 2. The number of rotatable bonds is 42. The second kappa shape index (κ2) is 46.1. The van der Waals surface area contributed by atoms with E-state index in [0.29, 0.717) is 34.6 Å². The van der Waals surface area contributed by atoms with E-state index in [4.69, 9.17) is 57.8 Å².